The van der Waals surface area contributed by atoms with Gasteiger partial charge in [-0.15, -0.1) is 0 Å². The zero-order valence-electron chi connectivity index (χ0n) is 6.33. The average molecular weight is 149 g/mol. The molecular formula is C8H11N3. The topological polar surface area (TPSA) is 37.8 Å². The number of nitrogens with one attached hydrogen (secondary N) is 1. The molecule has 0 saturated carbocycles. The Morgan fingerprint density at radius 2 is 2.18 bits per heavy atom. The first kappa shape index (κ1) is 6.73. The Morgan fingerprint density at radius 3 is 2.82 bits per heavy atom. The van der Waals surface area contributed by atoms with Crippen molar-refractivity contribution >= 4 is 0 Å². The molecule has 1 aromatic rings. The molecule has 3 nitrogen and oxygen atoms in total. The number of hydrogen-bond acceptors (Lipinski definition) is 3. The van der Waals surface area contributed by atoms with Crippen molar-refractivity contribution in [3.05, 3.63) is 24.3 Å². The monoisotopic (exact) mass is 149 g/mol. The highest BCUT2D eigenvalue weighted by molar-refractivity contribution is 5.10. The van der Waals surface area contributed by atoms with E-state index < -0.39 is 0 Å². The Hall–Kier alpha value is -0.960. The molecule has 3 heteroatoms. The third-order valence-corrected chi connectivity index (χ3v) is 2.04. The first-order chi connectivity index (χ1) is 5.47. The second-order valence-corrected chi connectivity index (χ2v) is 2.82. The summed E-state index contributed by atoms with van der Waals surface area (Å²) >= 11 is 0. The molecule has 11 heavy (non-hydrogen) atoms. The smallest absolute Gasteiger partial charge is 0.115 e. The summed E-state index contributed by atoms with van der Waals surface area (Å²) in [6.07, 6.45) is 7.82. The van der Waals surface area contributed by atoms with E-state index in [0.717, 1.165) is 6.54 Å². The highest BCUT2D eigenvalue weighted by atomic mass is 14.9. The molecule has 2 heterocycles. The Balaban J connectivity index is 2.16. The first-order valence-electron chi connectivity index (χ1n) is 3.95. The van der Waals surface area contributed by atoms with Gasteiger partial charge in [0.25, 0.3) is 0 Å². The van der Waals surface area contributed by atoms with Gasteiger partial charge in [-0.2, -0.15) is 0 Å². The van der Waals surface area contributed by atoms with Gasteiger partial charge >= 0.3 is 0 Å². The lowest BCUT2D eigenvalue weighted by Gasteiger charge is -2.07. The van der Waals surface area contributed by atoms with E-state index in [9.17, 15) is 0 Å². The molecule has 1 aliphatic heterocycles. The lowest BCUT2D eigenvalue weighted by atomic mass is 10.1. The molecule has 1 unspecified atom stereocenters. The second-order valence-electron chi connectivity index (χ2n) is 2.82. The van der Waals surface area contributed by atoms with Gasteiger partial charge in [-0.1, -0.05) is 0 Å². The molecule has 0 amide bonds. The Bertz CT molecular complexity index is 216. The van der Waals surface area contributed by atoms with Gasteiger partial charge in [0.2, 0.25) is 0 Å². The fourth-order valence-corrected chi connectivity index (χ4v) is 1.46. The molecule has 0 spiro atoms. The largest absolute Gasteiger partial charge is 0.310 e. The van der Waals surface area contributed by atoms with E-state index in [1.165, 1.54) is 18.4 Å². The van der Waals surface area contributed by atoms with Crippen molar-refractivity contribution in [2.45, 2.75) is 18.9 Å². The summed E-state index contributed by atoms with van der Waals surface area (Å²) in [5.41, 5.74) is 1.21. The molecule has 2 rings (SSSR count). The minimum absolute atomic E-state index is 0.496. The van der Waals surface area contributed by atoms with Gasteiger partial charge in [-0.05, 0) is 19.4 Å². The molecule has 1 saturated heterocycles. The summed E-state index contributed by atoms with van der Waals surface area (Å²) in [6, 6.07) is 0.496. The zero-order chi connectivity index (χ0) is 7.52. The van der Waals surface area contributed by atoms with Gasteiger partial charge in [-0.25, -0.2) is 9.97 Å². The number of aromatic nitrogens is 2. The van der Waals surface area contributed by atoms with Gasteiger partial charge in [0.05, 0.1) is 0 Å². The number of hydrogen-bond donors (Lipinski definition) is 1. The molecule has 1 N–H and O–H groups in total. The summed E-state index contributed by atoms with van der Waals surface area (Å²) in [6.45, 7) is 1.12. The normalized spacial score (nSPS) is 23.8. The summed E-state index contributed by atoms with van der Waals surface area (Å²) < 4.78 is 0. The van der Waals surface area contributed by atoms with Crippen LogP contribution >= 0.6 is 0 Å². The van der Waals surface area contributed by atoms with Crippen LogP contribution in [-0.4, -0.2) is 16.5 Å². The molecular weight excluding hydrogens is 138 g/mol. The van der Waals surface area contributed by atoms with Gasteiger partial charge in [0.1, 0.15) is 6.33 Å². The average Bonchev–Trinajstić information content (AvgIpc) is 2.58. The summed E-state index contributed by atoms with van der Waals surface area (Å²) in [7, 11) is 0. The van der Waals surface area contributed by atoms with E-state index in [2.05, 4.69) is 15.3 Å². The van der Waals surface area contributed by atoms with Crippen molar-refractivity contribution < 1.29 is 0 Å². The SMILES string of the molecule is c1ncc(C2CCCN2)cn1. The van der Waals surface area contributed by atoms with Crippen molar-refractivity contribution in [3.63, 3.8) is 0 Å². The van der Waals surface area contributed by atoms with Crippen molar-refractivity contribution in [1.29, 1.82) is 0 Å². The Labute approximate surface area is 65.9 Å². The summed E-state index contributed by atoms with van der Waals surface area (Å²) in [5.74, 6) is 0. The maximum Gasteiger partial charge on any atom is 0.115 e. The van der Waals surface area contributed by atoms with E-state index in [1.807, 2.05) is 12.4 Å². The molecule has 0 aromatic carbocycles. The number of nitrogens with zero attached hydrogens (tertiary/aromatic N) is 2. The van der Waals surface area contributed by atoms with Crippen LogP contribution in [0.15, 0.2) is 18.7 Å². The van der Waals surface area contributed by atoms with Gasteiger partial charge in [-0.3, -0.25) is 0 Å². The van der Waals surface area contributed by atoms with E-state index in [4.69, 9.17) is 0 Å². The zero-order valence-corrected chi connectivity index (χ0v) is 6.33. The summed E-state index contributed by atoms with van der Waals surface area (Å²) in [4.78, 5) is 7.96. The maximum absolute atomic E-state index is 3.98. The van der Waals surface area contributed by atoms with Crippen molar-refractivity contribution in [3.8, 4) is 0 Å². The van der Waals surface area contributed by atoms with E-state index >= 15 is 0 Å². The molecule has 1 atom stereocenters. The van der Waals surface area contributed by atoms with Crippen LogP contribution in [0.4, 0.5) is 0 Å². The fourth-order valence-electron chi connectivity index (χ4n) is 1.46. The Morgan fingerprint density at radius 1 is 1.36 bits per heavy atom. The van der Waals surface area contributed by atoms with Gasteiger partial charge < -0.3 is 5.32 Å². The van der Waals surface area contributed by atoms with Crippen LogP contribution in [0, 0.1) is 0 Å². The van der Waals surface area contributed by atoms with Crippen LogP contribution in [-0.2, 0) is 0 Å². The minimum atomic E-state index is 0.496. The molecule has 1 aliphatic rings. The van der Waals surface area contributed by atoms with Crippen LogP contribution < -0.4 is 5.32 Å². The fraction of sp³-hybridized carbons (Fsp3) is 0.500. The predicted octanol–water partition coefficient (Wildman–Crippen LogP) is 0.901. The maximum atomic E-state index is 3.98. The molecule has 0 aliphatic carbocycles. The molecule has 0 bridgehead atoms. The van der Waals surface area contributed by atoms with Gasteiger partial charge in [0.15, 0.2) is 0 Å². The molecule has 1 aromatic heterocycles. The lowest BCUT2D eigenvalue weighted by Crippen LogP contribution is -2.12. The van der Waals surface area contributed by atoms with Crippen LogP contribution in [0.1, 0.15) is 24.4 Å². The Kier molecular flexibility index (Phi) is 1.81. The summed E-state index contributed by atoms with van der Waals surface area (Å²) in [5, 5.41) is 3.39. The highest BCUT2D eigenvalue weighted by Gasteiger charge is 2.15. The van der Waals surface area contributed by atoms with Crippen LogP contribution in [0.2, 0.25) is 0 Å². The van der Waals surface area contributed by atoms with Crippen LogP contribution in [0.5, 0.6) is 0 Å². The third-order valence-electron chi connectivity index (χ3n) is 2.04. The van der Waals surface area contributed by atoms with Crippen molar-refractivity contribution in [2.24, 2.45) is 0 Å². The van der Waals surface area contributed by atoms with Crippen LogP contribution in [0.3, 0.4) is 0 Å². The lowest BCUT2D eigenvalue weighted by molar-refractivity contribution is 0.641. The quantitative estimate of drug-likeness (QED) is 0.644. The van der Waals surface area contributed by atoms with E-state index in [1.54, 1.807) is 6.33 Å². The van der Waals surface area contributed by atoms with Crippen molar-refractivity contribution in [1.82, 2.24) is 15.3 Å². The second kappa shape index (κ2) is 2.96. The third kappa shape index (κ3) is 1.38. The molecule has 1 fully saturated rings. The first-order valence-corrected chi connectivity index (χ1v) is 3.95. The molecule has 0 radical (unpaired) electrons. The minimum Gasteiger partial charge on any atom is -0.310 e. The molecule has 58 valence electrons. The predicted molar refractivity (Wildman–Crippen MR) is 42.0 cm³/mol. The standard InChI is InChI=1S/C8H11N3/c1-2-8(11-3-1)7-4-9-6-10-5-7/h4-6,8,11H,1-3H2. The van der Waals surface area contributed by atoms with Crippen molar-refractivity contribution in [2.75, 3.05) is 6.54 Å². The van der Waals surface area contributed by atoms with E-state index in [-0.39, 0.29) is 0 Å². The van der Waals surface area contributed by atoms with E-state index in [0.29, 0.717) is 6.04 Å². The van der Waals surface area contributed by atoms with Crippen LogP contribution in [0.25, 0.3) is 0 Å². The highest BCUT2D eigenvalue weighted by Crippen LogP contribution is 2.20. The van der Waals surface area contributed by atoms with Gasteiger partial charge in [0, 0.05) is 24.0 Å². The number of rotatable bonds is 1.